The minimum atomic E-state index is 0.0663. The summed E-state index contributed by atoms with van der Waals surface area (Å²) in [4.78, 5) is 1.19. The zero-order valence-electron chi connectivity index (χ0n) is 10.9. The van der Waals surface area contributed by atoms with Gasteiger partial charge in [0.05, 0.1) is 6.61 Å². The molecule has 0 bridgehead atoms. The van der Waals surface area contributed by atoms with E-state index in [1.807, 2.05) is 0 Å². The van der Waals surface area contributed by atoms with Gasteiger partial charge in [-0.25, -0.2) is 0 Å². The van der Waals surface area contributed by atoms with Gasteiger partial charge in [-0.05, 0) is 43.5 Å². The lowest BCUT2D eigenvalue weighted by molar-refractivity contribution is 0.279. The van der Waals surface area contributed by atoms with Crippen LogP contribution < -0.4 is 5.73 Å². The van der Waals surface area contributed by atoms with Crippen LogP contribution in [0, 0.1) is 13.8 Å². The van der Waals surface area contributed by atoms with Crippen molar-refractivity contribution in [2.45, 2.75) is 49.8 Å². The van der Waals surface area contributed by atoms with Crippen molar-refractivity contribution in [2.24, 2.45) is 5.73 Å². The molecule has 3 heteroatoms. The summed E-state index contributed by atoms with van der Waals surface area (Å²) < 4.78 is 0. The molecule has 0 saturated carbocycles. The number of hydrogen-bond acceptors (Lipinski definition) is 3. The maximum atomic E-state index is 9.41. The average molecular weight is 253 g/mol. The second-order valence-electron chi connectivity index (χ2n) is 4.54. The first kappa shape index (κ1) is 14.6. The molecule has 0 aliphatic rings. The largest absolute Gasteiger partial charge is 0.395 e. The van der Waals surface area contributed by atoms with Crippen molar-refractivity contribution in [2.75, 3.05) is 6.61 Å². The minimum Gasteiger partial charge on any atom is -0.395 e. The Kier molecular flexibility index (Phi) is 6.03. The van der Waals surface area contributed by atoms with Crippen LogP contribution in [0.25, 0.3) is 0 Å². The summed E-state index contributed by atoms with van der Waals surface area (Å²) in [5.41, 5.74) is 8.66. The predicted octanol–water partition coefficient (Wildman–Crippen LogP) is 2.88. The summed E-state index contributed by atoms with van der Waals surface area (Å²) >= 11 is 1.68. The lowest BCUT2D eigenvalue weighted by Gasteiger charge is -2.21. The molecule has 0 spiro atoms. The summed E-state index contributed by atoms with van der Waals surface area (Å²) in [6.45, 7) is 6.48. The normalized spacial score (nSPS) is 14.6. The number of nitrogens with two attached hydrogens (primary N) is 1. The van der Waals surface area contributed by atoms with E-state index in [0.29, 0.717) is 0 Å². The molecule has 96 valence electrons. The van der Waals surface area contributed by atoms with Crippen LogP contribution in [-0.2, 0) is 0 Å². The number of thioether (sulfide) groups is 1. The van der Waals surface area contributed by atoms with Crippen LogP contribution >= 0.6 is 11.8 Å². The van der Waals surface area contributed by atoms with Crippen LogP contribution in [-0.4, -0.2) is 23.0 Å². The Morgan fingerprint density at radius 2 is 2.00 bits per heavy atom. The van der Waals surface area contributed by atoms with E-state index < -0.39 is 0 Å². The molecule has 0 aliphatic carbocycles. The standard InChI is InChI=1S/C14H23NOS/c1-4-5-13(15)14(9-16)17-12-7-6-10(2)11(3)8-12/h6-8,13-14,16H,4-5,9,15H2,1-3H3. The lowest BCUT2D eigenvalue weighted by atomic mass is 10.1. The minimum absolute atomic E-state index is 0.0663. The SMILES string of the molecule is CCCC(N)C(CO)Sc1ccc(C)c(C)c1. The molecular weight excluding hydrogens is 230 g/mol. The number of benzene rings is 1. The molecule has 1 aromatic rings. The molecule has 0 aliphatic heterocycles. The smallest absolute Gasteiger partial charge is 0.0568 e. The number of aryl methyl sites for hydroxylation is 2. The van der Waals surface area contributed by atoms with Gasteiger partial charge in [0.25, 0.3) is 0 Å². The van der Waals surface area contributed by atoms with Crippen LogP contribution in [0.15, 0.2) is 23.1 Å². The molecule has 0 fully saturated rings. The molecule has 0 aromatic heterocycles. The summed E-state index contributed by atoms with van der Waals surface area (Å²) in [7, 11) is 0. The Hall–Kier alpha value is -0.510. The molecule has 0 heterocycles. The Bertz CT molecular complexity index is 354. The average Bonchev–Trinajstić information content (AvgIpc) is 2.30. The molecule has 17 heavy (non-hydrogen) atoms. The van der Waals surface area contributed by atoms with E-state index in [9.17, 15) is 5.11 Å². The molecule has 1 rings (SSSR count). The fourth-order valence-corrected chi connectivity index (χ4v) is 2.87. The predicted molar refractivity (Wildman–Crippen MR) is 75.5 cm³/mol. The van der Waals surface area contributed by atoms with E-state index in [1.165, 1.54) is 16.0 Å². The van der Waals surface area contributed by atoms with Gasteiger partial charge in [0.15, 0.2) is 0 Å². The van der Waals surface area contributed by atoms with E-state index in [-0.39, 0.29) is 17.9 Å². The number of aliphatic hydroxyl groups is 1. The van der Waals surface area contributed by atoms with Crippen molar-refractivity contribution in [3.05, 3.63) is 29.3 Å². The van der Waals surface area contributed by atoms with E-state index >= 15 is 0 Å². The third-order valence-electron chi connectivity index (χ3n) is 3.05. The van der Waals surface area contributed by atoms with Crippen LogP contribution in [0.4, 0.5) is 0 Å². The number of rotatable bonds is 6. The van der Waals surface area contributed by atoms with Gasteiger partial charge >= 0.3 is 0 Å². The van der Waals surface area contributed by atoms with Gasteiger partial charge in [-0.15, -0.1) is 11.8 Å². The highest BCUT2D eigenvalue weighted by molar-refractivity contribution is 8.00. The molecule has 0 amide bonds. The highest BCUT2D eigenvalue weighted by Gasteiger charge is 2.17. The topological polar surface area (TPSA) is 46.2 Å². The van der Waals surface area contributed by atoms with Gasteiger partial charge < -0.3 is 10.8 Å². The van der Waals surface area contributed by atoms with E-state index in [0.717, 1.165) is 12.8 Å². The Morgan fingerprint density at radius 3 is 2.53 bits per heavy atom. The van der Waals surface area contributed by atoms with Crippen molar-refractivity contribution in [3.8, 4) is 0 Å². The third-order valence-corrected chi connectivity index (χ3v) is 4.37. The van der Waals surface area contributed by atoms with Gasteiger partial charge in [-0.3, -0.25) is 0 Å². The molecule has 0 radical (unpaired) electrons. The highest BCUT2D eigenvalue weighted by Crippen LogP contribution is 2.27. The first-order valence-corrected chi connectivity index (χ1v) is 7.06. The van der Waals surface area contributed by atoms with Gasteiger partial charge in [0.1, 0.15) is 0 Å². The fraction of sp³-hybridized carbons (Fsp3) is 0.571. The Labute approximate surface area is 109 Å². The van der Waals surface area contributed by atoms with Gasteiger partial charge in [-0.2, -0.15) is 0 Å². The van der Waals surface area contributed by atoms with Crippen molar-refractivity contribution in [1.82, 2.24) is 0 Å². The van der Waals surface area contributed by atoms with E-state index in [2.05, 4.69) is 39.0 Å². The van der Waals surface area contributed by atoms with Crippen molar-refractivity contribution in [1.29, 1.82) is 0 Å². The monoisotopic (exact) mass is 253 g/mol. The molecule has 2 nitrogen and oxygen atoms in total. The first-order chi connectivity index (χ1) is 8.08. The molecule has 3 N–H and O–H groups in total. The summed E-state index contributed by atoms with van der Waals surface area (Å²) in [5.74, 6) is 0. The van der Waals surface area contributed by atoms with Crippen LogP contribution in [0.3, 0.4) is 0 Å². The summed E-state index contributed by atoms with van der Waals surface area (Å²) in [6.07, 6.45) is 2.02. The van der Waals surface area contributed by atoms with E-state index in [1.54, 1.807) is 11.8 Å². The van der Waals surface area contributed by atoms with Crippen LogP contribution in [0.2, 0.25) is 0 Å². The number of aliphatic hydroxyl groups excluding tert-OH is 1. The third kappa shape index (κ3) is 4.34. The Balaban J connectivity index is 2.70. The molecule has 0 saturated heterocycles. The van der Waals surface area contributed by atoms with Crippen LogP contribution in [0.1, 0.15) is 30.9 Å². The molecule has 1 aromatic carbocycles. The van der Waals surface area contributed by atoms with Crippen LogP contribution in [0.5, 0.6) is 0 Å². The molecular formula is C14H23NOS. The van der Waals surface area contributed by atoms with Gasteiger partial charge in [-0.1, -0.05) is 19.4 Å². The van der Waals surface area contributed by atoms with Crippen molar-refractivity contribution >= 4 is 11.8 Å². The number of hydrogen-bond donors (Lipinski definition) is 2. The summed E-state index contributed by atoms with van der Waals surface area (Å²) in [6, 6.07) is 6.46. The Morgan fingerprint density at radius 1 is 1.29 bits per heavy atom. The zero-order chi connectivity index (χ0) is 12.8. The van der Waals surface area contributed by atoms with Crippen molar-refractivity contribution < 1.29 is 5.11 Å². The van der Waals surface area contributed by atoms with Crippen molar-refractivity contribution in [3.63, 3.8) is 0 Å². The highest BCUT2D eigenvalue weighted by atomic mass is 32.2. The lowest BCUT2D eigenvalue weighted by Crippen LogP contribution is -2.34. The quantitative estimate of drug-likeness (QED) is 0.766. The maximum absolute atomic E-state index is 9.41. The van der Waals surface area contributed by atoms with E-state index in [4.69, 9.17) is 5.73 Å². The second kappa shape index (κ2) is 7.04. The van der Waals surface area contributed by atoms with Gasteiger partial charge in [0.2, 0.25) is 0 Å². The zero-order valence-corrected chi connectivity index (χ0v) is 11.8. The first-order valence-electron chi connectivity index (χ1n) is 6.18. The summed E-state index contributed by atoms with van der Waals surface area (Å²) in [5, 5.41) is 9.50. The second-order valence-corrected chi connectivity index (χ2v) is 5.85. The van der Waals surface area contributed by atoms with Gasteiger partial charge in [0, 0.05) is 16.2 Å². The molecule has 2 unspecified atom stereocenters. The molecule has 2 atom stereocenters. The maximum Gasteiger partial charge on any atom is 0.0568 e. The fourth-order valence-electron chi connectivity index (χ4n) is 1.74.